The second kappa shape index (κ2) is 58.5. The zero-order chi connectivity index (χ0) is 88.9. The number of unbranched alkanes of at least 4 members (excludes halogenated alkanes) is 42. The van der Waals surface area contributed by atoms with Crippen LogP contribution < -0.4 is 33.2 Å². The summed E-state index contributed by atoms with van der Waals surface area (Å²) in [5.74, 6) is 19.1. The van der Waals surface area contributed by atoms with Crippen molar-refractivity contribution in [2.75, 3.05) is 46.8 Å². The maximum atomic E-state index is 12.1. The number of methoxy groups -OCH3 is 1. The molecule has 2 N–H and O–H groups in total. The molecule has 0 fully saturated rings. The van der Waals surface area contributed by atoms with Gasteiger partial charge in [-0.25, -0.2) is 9.97 Å². The Morgan fingerprint density at radius 2 is 0.583 bits per heavy atom. The topological polar surface area (TPSA) is 165 Å². The van der Waals surface area contributed by atoms with Crippen LogP contribution in [0.15, 0.2) is 109 Å². The lowest BCUT2D eigenvalue weighted by Gasteiger charge is -2.19. The van der Waals surface area contributed by atoms with Crippen LogP contribution in [0, 0.1) is 33.8 Å². The molecule has 10 rings (SSSR count). The fraction of sp³-hybridized carbons (Fsp3) is 0.540. The summed E-state index contributed by atoms with van der Waals surface area (Å²) in [5.41, 5.74) is 11.7. The molecule has 5 heterocycles. The number of nitro groups is 1. The Labute approximate surface area is 763 Å². The molecule has 14 nitrogen and oxygen atoms in total. The maximum Gasteiger partial charge on any atom is 0.269 e. The predicted molar refractivity (Wildman–Crippen MR) is 534 cm³/mol. The van der Waals surface area contributed by atoms with Crippen molar-refractivity contribution < 1.29 is 38.1 Å². The van der Waals surface area contributed by atoms with E-state index < -0.39 is 0 Å². The molecule has 8 aromatic rings. The SMILES string of the molecule is CCCCCCCCCCOc1cc(-c2c3nc(c(C#Cc4ccc5cc(OC)ccc5c4)c4ccc([nH]4)c(-c4cc(OCCCCCCCCCC)c(OCCCCCCCCCC)c(OCCCCCCCCCC)c4)c4nc(c(C#Cc5ccc([N+](=O)[O-])cc5)c5ccc2[nH]5)C=C4)C=C3)cc(OCCCCCCCCCC)c1OCCCCCCCCCC. The average molecular weight is 1730 g/mol. The number of non-ortho nitro benzene ring substituents is 1. The van der Waals surface area contributed by atoms with E-state index in [4.69, 9.17) is 43.1 Å². The summed E-state index contributed by atoms with van der Waals surface area (Å²) < 4.78 is 48.3. The number of H-pyrrole nitrogens is 2. The zero-order valence-electron chi connectivity index (χ0n) is 78.9. The van der Waals surface area contributed by atoms with Crippen LogP contribution in [0.3, 0.4) is 0 Å². The second-order valence-corrected chi connectivity index (χ2v) is 35.3. The average Bonchev–Trinajstić information content (AvgIpc) is 1.64. The highest BCUT2D eigenvalue weighted by Gasteiger charge is 2.25. The fourth-order valence-corrected chi connectivity index (χ4v) is 17.1. The van der Waals surface area contributed by atoms with Crippen LogP contribution >= 0.6 is 0 Å². The molecule has 0 radical (unpaired) electrons. The molecule has 0 amide bonds. The van der Waals surface area contributed by atoms with E-state index in [1.807, 2.05) is 6.07 Å². The van der Waals surface area contributed by atoms with E-state index in [9.17, 15) is 10.1 Å². The number of aromatic nitrogens is 4. The van der Waals surface area contributed by atoms with Gasteiger partial charge in [-0.15, -0.1) is 0 Å². The predicted octanol–water partition coefficient (Wildman–Crippen LogP) is 33.0. The third-order valence-corrected chi connectivity index (χ3v) is 24.7. The molecule has 127 heavy (non-hydrogen) atoms. The number of rotatable bonds is 64. The molecule has 0 unspecified atom stereocenters. The quantitative estimate of drug-likeness (QED) is 0.0161. The Hall–Kier alpha value is -9.92. The smallest absolute Gasteiger partial charge is 0.269 e. The molecule has 0 saturated carbocycles. The van der Waals surface area contributed by atoms with Gasteiger partial charge in [0.1, 0.15) is 5.75 Å². The van der Waals surface area contributed by atoms with Crippen molar-refractivity contribution in [2.45, 2.75) is 350 Å². The van der Waals surface area contributed by atoms with Gasteiger partial charge >= 0.3 is 0 Å². The van der Waals surface area contributed by atoms with Gasteiger partial charge in [0.05, 0.1) is 96.6 Å². The van der Waals surface area contributed by atoms with E-state index in [1.54, 1.807) is 19.2 Å². The summed E-state index contributed by atoms with van der Waals surface area (Å²) in [6, 6.07) is 35.9. The molecular formula is C113H153N5O9. The Bertz CT molecular complexity index is 4770. The lowest BCUT2D eigenvalue weighted by Crippen LogP contribution is -2.07. The number of fused-ring (bicyclic) bond motifs is 9. The molecule has 8 bridgehead atoms. The van der Waals surface area contributed by atoms with E-state index in [2.05, 4.69) is 178 Å². The highest BCUT2D eigenvalue weighted by molar-refractivity contribution is 5.97. The van der Waals surface area contributed by atoms with Crippen LogP contribution in [0.2, 0.25) is 0 Å². The lowest BCUT2D eigenvalue weighted by molar-refractivity contribution is -0.384. The summed E-state index contributed by atoms with van der Waals surface area (Å²) in [6.07, 6.45) is 65.0. The molecular weight excluding hydrogens is 1570 g/mol. The Morgan fingerprint density at radius 1 is 0.299 bits per heavy atom. The van der Waals surface area contributed by atoms with Crippen LogP contribution in [0.5, 0.6) is 40.2 Å². The number of nitrogens with one attached hydrogen (secondary N) is 2. The molecule has 0 saturated heterocycles. The molecule has 3 aromatic heterocycles. The van der Waals surface area contributed by atoms with Crippen molar-refractivity contribution in [1.82, 2.24) is 19.9 Å². The summed E-state index contributed by atoms with van der Waals surface area (Å²) in [5, 5.41) is 14.2. The first-order valence-electron chi connectivity index (χ1n) is 50.3. The van der Waals surface area contributed by atoms with Gasteiger partial charge in [0.2, 0.25) is 11.5 Å². The van der Waals surface area contributed by atoms with E-state index in [-0.39, 0.29) is 10.6 Å². The van der Waals surface area contributed by atoms with Gasteiger partial charge in [-0.1, -0.05) is 347 Å². The highest BCUT2D eigenvalue weighted by Crippen LogP contribution is 2.47. The van der Waals surface area contributed by atoms with Gasteiger partial charge in [0.25, 0.3) is 5.69 Å². The van der Waals surface area contributed by atoms with Gasteiger partial charge in [-0.2, -0.15) is 0 Å². The third-order valence-electron chi connectivity index (χ3n) is 24.7. The van der Waals surface area contributed by atoms with Gasteiger partial charge < -0.3 is 43.1 Å². The Morgan fingerprint density at radius 3 is 0.913 bits per heavy atom. The fourth-order valence-electron chi connectivity index (χ4n) is 17.1. The van der Waals surface area contributed by atoms with Crippen molar-refractivity contribution in [3.8, 4) is 86.2 Å². The van der Waals surface area contributed by atoms with E-state index >= 15 is 0 Å². The molecule has 0 spiro atoms. The minimum absolute atomic E-state index is 0.0106. The number of benzene rings is 5. The number of nitro benzene ring substituents is 1. The number of hydrogen-bond acceptors (Lipinski definition) is 11. The minimum atomic E-state index is -0.380. The summed E-state index contributed by atoms with van der Waals surface area (Å²) >= 11 is 0. The molecule has 14 heteroatoms. The van der Waals surface area contributed by atoms with Crippen LogP contribution in [-0.4, -0.2) is 71.6 Å². The van der Waals surface area contributed by atoms with Gasteiger partial charge in [-0.05, 0) is 170 Å². The van der Waals surface area contributed by atoms with Crippen LogP contribution in [-0.2, 0) is 0 Å². The van der Waals surface area contributed by atoms with Gasteiger partial charge in [0.15, 0.2) is 23.0 Å². The molecule has 2 aliphatic heterocycles. The van der Waals surface area contributed by atoms with E-state index in [0.717, 1.165) is 164 Å². The Balaban J connectivity index is 1.21. The summed E-state index contributed by atoms with van der Waals surface area (Å²) in [6.45, 7) is 16.8. The molecule has 684 valence electrons. The number of ether oxygens (including phenoxy) is 7. The van der Waals surface area contributed by atoms with E-state index in [1.165, 1.54) is 218 Å². The summed E-state index contributed by atoms with van der Waals surface area (Å²) in [4.78, 5) is 31.2. The first-order chi connectivity index (χ1) is 62.6. The third kappa shape index (κ3) is 33.6. The largest absolute Gasteiger partial charge is 0.497 e. The zero-order valence-corrected chi connectivity index (χ0v) is 78.9. The standard InChI is InChI=1S/C113H153N5O9/c1-8-14-20-26-32-38-44-50-76-122-106-84-92(85-107(123-77-51-45-39-33-27-21-15-9-2)112(106)126-80-54-48-42-36-30-24-18-12-5)110-102-72-68-98(114-102)96(66-59-88-57-63-94(64-58-88)118(119)120)99-69-73-103(115-99)111(105-75-71-101(117-105)97(100-70-74-104(110)116-100)67-60-89-56-61-91-83-95(121-7)65-62-90(91)82-89)93-86-108(124-78-52-46-40-34-28-22-16-10-3)113(127-81-55-49-43-37-31-25-19-13-6)109(87-93)125-79-53-47-41-35-29-23-17-11-4/h56-58,61-65,68-75,82-87,114,117H,8-55,76-81H2,1-7H3. The number of aromatic amines is 2. The Kier molecular flexibility index (Phi) is 45.7. The first kappa shape index (κ1) is 99.2. The van der Waals surface area contributed by atoms with Crippen molar-refractivity contribution in [3.05, 3.63) is 164 Å². The van der Waals surface area contributed by atoms with Crippen molar-refractivity contribution in [2.24, 2.45) is 0 Å². The lowest BCUT2D eigenvalue weighted by atomic mass is 10.0. The van der Waals surface area contributed by atoms with Crippen molar-refractivity contribution >= 4 is 62.8 Å². The second-order valence-electron chi connectivity index (χ2n) is 35.3. The monoisotopic (exact) mass is 1720 g/mol. The maximum absolute atomic E-state index is 12.1. The van der Waals surface area contributed by atoms with Crippen molar-refractivity contribution in [1.29, 1.82) is 0 Å². The summed E-state index contributed by atoms with van der Waals surface area (Å²) in [7, 11) is 1.70. The van der Waals surface area contributed by atoms with Gasteiger partial charge in [-0.3, -0.25) is 10.1 Å². The molecule has 2 aliphatic rings. The van der Waals surface area contributed by atoms with Crippen LogP contribution in [0.4, 0.5) is 5.69 Å². The van der Waals surface area contributed by atoms with E-state index in [0.29, 0.717) is 119 Å². The number of nitrogens with zero attached hydrogens (tertiary/aromatic N) is 3. The van der Waals surface area contributed by atoms with Crippen LogP contribution in [0.25, 0.3) is 79.4 Å². The molecule has 5 aromatic carbocycles. The normalized spacial score (nSPS) is 11.6. The molecule has 0 aliphatic carbocycles. The van der Waals surface area contributed by atoms with Crippen molar-refractivity contribution in [3.63, 3.8) is 0 Å². The number of hydrogen-bond donors (Lipinski definition) is 2. The minimum Gasteiger partial charge on any atom is -0.497 e. The molecule has 0 atom stereocenters. The highest BCUT2D eigenvalue weighted by atomic mass is 16.6. The van der Waals surface area contributed by atoms with Crippen LogP contribution in [0.1, 0.15) is 395 Å². The van der Waals surface area contributed by atoms with Gasteiger partial charge in [0, 0.05) is 45.4 Å². The first-order valence-corrected chi connectivity index (χ1v) is 50.3.